The van der Waals surface area contributed by atoms with Crippen LogP contribution < -0.4 is 9.47 Å². The molecule has 1 aromatic carbocycles. The van der Waals surface area contributed by atoms with Gasteiger partial charge in [-0.25, -0.2) is 0 Å². The van der Waals surface area contributed by atoms with Crippen molar-refractivity contribution in [2.45, 2.75) is 27.2 Å². The van der Waals surface area contributed by atoms with Gasteiger partial charge in [0.1, 0.15) is 13.2 Å². The van der Waals surface area contributed by atoms with E-state index in [0.717, 1.165) is 17.1 Å². The summed E-state index contributed by atoms with van der Waals surface area (Å²) < 4.78 is 10.8. The van der Waals surface area contributed by atoms with E-state index in [2.05, 4.69) is 13.8 Å². The van der Waals surface area contributed by atoms with Crippen molar-refractivity contribution in [3.8, 4) is 11.5 Å². The minimum absolute atomic E-state index is 0.663. The Labute approximate surface area is 85.8 Å². The third kappa shape index (κ3) is 2.66. The second kappa shape index (κ2) is 5.53. The van der Waals surface area contributed by atoms with Gasteiger partial charge in [0, 0.05) is 0 Å². The zero-order valence-electron chi connectivity index (χ0n) is 9.17. The van der Waals surface area contributed by atoms with Gasteiger partial charge in [-0.3, -0.25) is 0 Å². The lowest BCUT2D eigenvalue weighted by Gasteiger charge is -2.19. The van der Waals surface area contributed by atoms with E-state index in [4.69, 9.17) is 9.47 Å². The van der Waals surface area contributed by atoms with Crippen LogP contribution in [0.25, 0.3) is 0 Å². The molecule has 0 spiro atoms. The van der Waals surface area contributed by atoms with E-state index < -0.39 is 0 Å². The summed E-state index contributed by atoms with van der Waals surface area (Å²) >= 11 is 0. The fourth-order valence-corrected chi connectivity index (χ4v) is 1.22. The minimum Gasteiger partial charge on any atom is -0.486 e. The average Bonchev–Trinajstić information content (AvgIpc) is 2.20. The molecule has 78 valence electrons. The van der Waals surface area contributed by atoms with Gasteiger partial charge in [0.2, 0.25) is 0 Å². The summed E-state index contributed by atoms with van der Waals surface area (Å²) in [4.78, 5) is 0. The summed E-state index contributed by atoms with van der Waals surface area (Å²) in [5.41, 5.74) is 1.14. The topological polar surface area (TPSA) is 18.5 Å². The Hall–Kier alpha value is -1.18. The van der Waals surface area contributed by atoms with Crippen LogP contribution in [0.3, 0.4) is 0 Å². The van der Waals surface area contributed by atoms with Crippen molar-refractivity contribution >= 4 is 0 Å². The summed E-state index contributed by atoms with van der Waals surface area (Å²) in [5.74, 6) is 1.77. The number of para-hydroxylation sites is 1. The number of aryl methyl sites for hydroxylation is 1. The smallest absolute Gasteiger partial charge is 0.164 e. The second-order valence-corrected chi connectivity index (χ2v) is 3.31. The van der Waals surface area contributed by atoms with Gasteiger partial charge < -0.3 is 9.47 Å². The van der Waals surface area contributed by atoms with Gasteiger partial charge in [0.15, 0.2) is 11.5 Å². The van der Waals surface area contributed by atoms with Crippen molar-refractivity contribution < 1.29 is 9.47 Å². The highest BCUT2D eigenvalue weighted by molar-refractivity contribution is 5.46. The molecule has 14 heavy (non-hydrogen) atoms. The zero-order valence-corrected chi connectivity index (χ0v) is 9.17. The van der Waals surface area contributed by atoms with Crippen LogP contribution in [0.1, 0.15) is 25.8 Å². The Bertz CT molecular complexity index is 282. The average molecular weight is 194 g/mol. The zero-order chi connectivity index (χ0) is 10.4. The summed E-state index contributed by atoms with van der Waals surface area (Å²) in [7, 11) is 0. The van der Waals surface area contributed by atoms with Gasteiger partial charge >= 0.3 is 0 Å². The third-order valence-corrected chi connectivity index (χ3v) is 1.76. The first kappa shape index (κ1) is 10.9. The van der Waals surface area contributed by atoms with Crippen LogP contribution in [0.5, 0.6) is 11.5 Å². The summed E-state index contributed by atoms with van der Waals surface area (Å²) in [6.07, 6.45) is 1.25. The van der Waals surface area contributed by atoms with Gasteiger partial charge in [-0.05, 0) is 18.6 Å². The molecule has 1 aliphatic rings. The van der Waals surface area contributed by atoms with E-state index in [1.807, 2.05) is 25.1 Å². The molecule has 0 saturated carbocycles. The molecule has 0 aromatic heterocycles. The van der Waals surface area contributed by atoms with E-state index in [-0.39, 0.29) is 0 Å². The minimum atomic E-state index is 0.663. The molecular weight excluding hydrogens is 176 g/mol. The van der Waals surface area contributed by atoms with Crippen molar-refractivity contribution in [2.75, 3.05) is 13.2 Å². The fourth-order valence-electron chi connectivity index (χ4n) is 1.22. The highest BCUT2D eigenvalue weighted by Crippen LogP contribution is 2.32. The summed E-state index contributed by atoms with van der Waals surface area (Å²) in [6, 6.07) is 5.93. The van der Waals surface area contributed by atoms with Crippen molar-refractivity contribution in [1.82, 2.24) is 0 Å². The molecule has 2 heteroatoms. The highest BCUT2D eigenvalue weighted by Gasteiger charge is 2.11. The highest BCUT2D eigenvalue weighted by atomic mass is 16.6. The van der Waals surface area contributed by atoms with Crippen molar-refractivity contribution in [2.24, 2.45) is 0 Å². The lowest BCUT2D eigenvalue weighted by molar-refractivity contribution is 0.170. The molecule has 0 atom stereocenters. The van der Waals surface area contributed by atoms with Gasteiger partial charge in [-0.15, -0.1) is 0 Å². The molecule has 1 aliphatic heterocycles. The normalized spacial score (nSPS) is 12.8. The van der Waals surface area contributed by atoms with Gasteiger partial charge in [0.25, 0.3) is 0 Å². The predicted molar refractivity (Wildman–Crippen MR) is 58.1 cm³/mol. The maximum absolute atomic E-state index is 5.43. The molecular formula is C12H18O2. The van der Waals surface area contributed by atoms with Crippen LogP contribution in [0, 0.1) is 6.92 Å². The van der Waals surface area contributed by atoms with Crippen LogP contribution in [-0.4, -0.2) is 13.2 Å². The number of benzene rings is 1. The molecule has 0 bridgehead atoms. The van der Waals surface area contributed by atoms with Gasteiger partial charge in [-0.2, -0.15) is 0 Å². The molecule has 2 rings (SSSR count). The van der Waals surface area contributed by atoms with Gasteiger partial charge in [0.05, 0.1) is 0 Å². The molecule has 0 fully saturated rings. The first-order chi connectivity index (χ1) is 6.79. The monoisotopic (exact) mass is 194 g/mol. The van der Waals surface area contributed by atoms with Gasteiger partial charge in [-0.1, -0.05) is 32.4 Å². The maximum atomic E-state index is 5.43. The molecule has 0 amide bonds. The molecule has 0 radical (unpaired) electrons. The number of rotatable bonds is 0. The first-order valence-electron chi connectivity index (χ1n) is 5.14. The molecule has 1 aromatic rings. The van der Waals surface area contributed by atoms with Crippen LogP contribution in [0.4, 0.5) is 0 Å². The maximum Gasteiger partial charge on any atom is 0.164 e. The number of hydrogen-bond donors (Lipinski definition) is 0. The summed E-state index contributed by atoms with van der Waals surface area (Å²) in [6.45, 7) is 7.60. The lowest BCUT2D eigenvalue weighted by Crippen LogP contribution is -2.15. The Kier molecular flexibility index (Phi) is 4.30. The molecule has 1 heterocycles. The number of hydrogen-bond acceptors (Lipinski definition) is 2. The number of ether oxygens (including phenoxy) is 2. The molecule has 0 saturated heterocycles. The SMILES string of the molecule is CCC.Cc1cccc2c1OCCO2. The first-order valence-corrected chi connectivity index (χ1v) is 5.14. The second-order valence-electron chi connectivity index (χ2n) is 3.31. The van der Waals surface area contributed by atoms with Crippen LogP contribution in [0.2, 0.25) is 0 Å². The Morgan fingerprint density at radius 2 is 1.79 bits per heavy atom. The van der Waals surface area contributed by atoms with E-state index in [0.29, 0.717) is 13.2 Å². The van der Waals surface area contributed by atoms with E-state index in [1.54, 1.807) is 0 Å². The van der Waals surface area contributed by atoms with Crippen molar-refractivity contribution in [1.29, 1.82) is 0 Å². The van der Waals surface area contributed by atoms with E-state index >= 15 is 0 Å². The third-order valence-electron chi connectivity index (χ3n) is 1.76. The fraction of sp³-hybridized carbons (Fsp3) is 0.500. The summed E-state index contributed by atoms with van der Waals surface area (Å²) in [5, 5.41) is 0. The quantitative estimate of drug-likeness (QED) is 0.631. The van der Waals surface area contributed by atoms with E-state index in [9.17, 15) is 0 Å². The predicted octanol–water partition coefficient (Wildman–Crippen LogP) is 3.18. The molecule has 2 nitrogen and oxygen atoms in total. The number of fused-ring (bicyclic) bond motifs is 1. The largest absolute Gasteiger partial charge is 0.486 e. The van der Waals surface area contributed by atoms with Crippen LogP contribution in [-0.2, 0) is 0 Å². The van der Waals surface area contributed by atoms with Crippen molar-refractivity contribution in [3.63, 3.8) is 0 Å². The van der Waals surface area contributed by atoms with Crippen LogP contribution >= 0.6 is 0 Å². The molecule has 0 aliphatic carbocycles. The molecule has 0 N–H and O–H groups in total. The Balaban J connectivity index is 0.000000293. The Morgan fingerprint density at radius 3 is 2.43 bits per heavy atom. The van der Waals surface area contributed by atoms with Crippen molar-refractivity contribution in [3.05, 3.63) is 23.8 Å². The van der Waals surface area contributed by atoms with E-state index in [1.165, 1.54) is 6.42 Å². The molecule has 0 unspecified atom stereocenters. The van der Waals surface area contributed by atoms with Crippen LogP contribution in [0.15, 0.2) is 18.2 Å². The standard InChI is InChI=1S/C9H10O2.C3H8/c1-7-3-2-4-8-9(7)11-6-5-10-8;1-3-2/h2-4H,5-6H2,1H3;3H2,1-2H3. The Morgan fingerprint density at radius 1 is 1.14 bits per heavy atom. The lowest BCUT2D eigenvalue weighted by atomic mass is 10.2.